The van der Waals surface area contributed by atoms with E-state index in [1.165, 1.54) is 11.1 Å². The molecule has 1 aromatic rings. The van der Waals surface area contributed by atoms with E-state index in [2.05, 4.69) is 46.4 Å². The van der Waals surface area contributed by atoms with E-state index in [4.69, 9.17) is 4.74 Å². The van der Waals surface area contributed by atoms with Crippen LogP contribution in [0.3, 0.4) is 0 Å². The third-order valence-electron chi connectivity index (χ3n) is 3.64. The molecule has 1 aromatic carbocycles. The standard InChI is InChI=1S/C14H20BrNO2/c1-11-8-12(2-3-13(11)15)9-16-14(10-17)4-6-18-7-5-14/h2-3,8,16-17H,4-7,9-10H2,1H3. The van der Waals surface area contributed by atoms with Gasteiger partial charge >= 0.3 is 0 Å². The summed E-state index contributed by atoms with van der Waals surface area (Å²) in [5, 5.41) is 13.1. The van der Waals surface area contributed by atoms with Crippen molar-refractivity contribution in [1.82, 2.24) is 5.32 Å². The minimum absolute atomic E-state index is 0.167. The highest BCUT2D eigenvalue weighted by Crippen LogP contribution is 2.22. The second-order valence-electron chi connectivity index (χ2n) is 4.99. The summed E-state index contributed by atoms with van der Waals surface area (Å²) in [5.74, 6) is 0. The molecule has 3 nitrogen and oxygen atoms in total. The highest BCUT2D eigenvalue weighted by Gasteiger charge is 2.31. The van der Waals surface area contributed by atoms with Crippen molar-refractivity contribution in [2.24, 2.45) is 0 Å². The zero-order chi connectivity index (χ0) is 13.0. The van der Waals surface area contributed by atoms with Crippen LogP contribution in [0.5, 0.6) is 0 Å². The first-order chi connectivity index (χ1) is 8.65. The van der Waals surface area contributed by atoms with Gasteiger partial charge in [0.25, 0.3) is 0 Å². The van der Waals surface area contributed by atoms with Gasteiger partial charge in [-0.25, -0.2) is 0 Å². The summed E-state index contributed by atoms with van der Waals surface area (Å²) < 4.78 is 6.49. The van der Waals surface area contributed by atoms with Gasteiger partial charge in [0.15, 0.2) is 0 Å². The van der Waals surface area contributed by atoms with Crippen LogP contribution in [0.4, 0.5) is 0 Å². The third kappa shape index (κ3) is 3.32. The topological polar surface area (TPSA) is 41.5 Å². The fourth-order valence-electron chi connectivity index (χ4n) is 2.26. The summed E-state index contributed by atoms with van der Waals surface area (Å²) in [7, 11) is 0. The van der Waals surface area contributed by atoms with Crippen molar-refractivity contribution in [3.8, 4) is 0 Å². The second kappa shape index (κ2) is 6.15. The Bertz CT molecular complexity index is 403. The van der Waals surface area contributed by atoms with Gasteiger partial charge in [-0.05, 0) is 37.0 Å². The molecular formula is C14H20BrNO2. The Labute approximate surface area is 117 Å². The molecule has 0 unspecified atom stereocenters. The molecule has 0 spiro atoms. The summed E-state index contributed by atoms with van der Waals surface area (Å²) in [6, 6.07) is 6.35. The van der Waals surface area contributed by atoms with E-state index < -0.39 is 0 Å². The van der Waals surface area contributed by atoms with Crippen LogP contribution < -0.4 is 5.32 Å². The Kier molecular flexibility index (Phi) is 4.78. The lowest BCUT2D eigenvalue weighted by molar-refractivity contribution is 0.0111. The van der Waals surface area contributed by atoms with Crippen molar-refractivity contribution < 1.29 is 9.84 Å². The molecule has 0 radical (unpaired) electrons. The number of ether oxygens (including phenoxy) is 1. The van der Waals surface area contributed by atoms with Crippen LogP contribution in [-0.4, -0.2) is 30.5 Å². The van der Waals surface area contributed by atoms with Gasteiger partial charge in [-0.1, -0.05) is 28.1 Å². The molecular weight excluding hydrogens is 294 g/mol. The van der Waals surface area contributed by atoms with Crippen LogP contribution in [0.15, 0.2) is 22.7 Å². The van der Waals surface area contributed by atoms with Gasteiger partial charge in [-0.15, -0.1) is 0 Å². The molecule has 4 heteroatoms. The number of nitrogens with one attached hydrogen (secondary N) is 1. The molecule has 2 rings (SSSR count). The van der Waals surface area contributed by atoms with Crippen LogP contribution >= 0.6 is 15.9 Å². The van der Waals surface area contributed by atoms with Gasteiger partial charge in [0.05, 0.1) is 6.61 Å². The van der Waals surface area contributed by atoms with Crippen molar-refractivity contribution in [2.75, 3.05) is 19.8 Å². The molecule has 1 aliphatic rings. The predicted molar refractivity (Wildman–Crippen MR) is 75.6 cm³/mol. The van der Waals surface area contributed by atoms with Crippen molar-refractivity contribution >= 4 is 15.9 Å². The number of hydrogen-bond acceptors (Lipinski definition) is 3. The van der Waals surface area contributed by atoms with Crippen molar-refractivity contribution in [1.29, 1.82) is 0 Å². The number of rotatable bonds is 4. The molecule has 1 heterocycles. The average Bonchev–Trinajstić information content (AvgIpc) is 2.41. The summed E-state index contributed by atoms with van der Waals surface area (Å²) in [4.78, 5) is 0. The number of benzene rings is 1. The van der Waals surface area contributed by atoms with Crippen molar-refractivity contribution in [2.45, 2.75) is 31.8 Å². The van der Waals surface area contributed by atoms with Gasteiger partial charge in [0.2, 0.25) is 0 Å². The molecule has 0 aliphatic carbocycles. The molecule has 1 aliphatic heterocycles. The Morgan fingerprint density at radius 1 is 1.39 bits per heavy atom. The molecule has 0 amide bonds. The van der Waals surface area contributed by atoms with E-state index in [-0.39, 0.29) is 12.1 Å². The van der Waals surface area contributed by atoms with E-state index >= 15 is 0 Å². The largest absolute Gasteiger partial charge is 0.394 e. The van der Waals surface area contributed by atoms with Gasteiger partial charge in [-0.2, -0.15) is 0 Å². The van der Waals surface area contributed by atoms with Gasteiger partial charge in [0, 0.05) is 29.8 Å². The molecule has 0 atom stereocenters. The first-order valence-corrected chi connectivity index (χ1v) is 7.13. The maximum atomic E-state index is 9.59. The lowest BCUT2D eigenvalue weighted by Crippen LogP contribution is -2.51. The molecule has 18 heavy (non-hydrogen) atoms. The zero-order valence-corrected chi connectivity index (χ0v) is 12.3. The molecule has 100 valence electrons. The number of hydrogen-bond donors (Lipinski definition) is 2. The van der Waals surface area contributed by atoms with Crippen LogP contribution in [-0.2, 0) is 11.3 Å². The van der Waals surface area contributed by atoms with Crippen LogP contribution in [0.25, 0.3) is 0 Å². The first kappa shape index (κ1) is 14.0. The molecule has 0 aromatic heterocycles. The van der Waals surface area contributed by atoms with Gasteiger partial charge in [0.1, 0.15) is 0 Å². The lowest BCUT2D eigenvalue weighted by Gasteiger charge is -2.36. The van der Waals surface area contributed by atoms with Crippen LogP contribution in [0.2, 0.25) is 0 Å². The lowest BCUT2D eigenvalue weighted by atomic mass is 9.90. The Morgan fingerprint density at radius 3 is 2.72 bits per heavy atom. The average molecular weight is 314 g/mol. The predicted octanol–water partition coefficient (Wildman–Crippen LogP) is 2.39. The molecule has 0 saturated carbocycles. The van der Waals surface area contributed by atoms with Crippen molar-refractivity contribution in [3.05, 3.63) is 33.8 Å². The fourth-order valence-corrected chi connectivity index (χ4v) is 2.51. The minimum Gasteiger partial charge on any atom is -0.394 e. The molecule has 1 saturated heterocycles. The Morgan fingerprint density at radius 2 is 2.11 bits per heavy atom. The molecule has 2 N–H and O–H groups in total. The van der Waals surface area contributed by atoms with Crippen LogP contribution in [0, 0.1) is 6.92 Å². The SMILES string of the molecule is Cc1cc(CNC2(CO)CCOCC2)ccc1Br. The van der Waals surface area contributed by atoms with E-state index in [0.29, 0.717) is 0 Å². The number of aryl methyl sites for hydroxylation is 1. The smallest absolute Gasteiger partial charge is 0.0615 e. The van der Waals surface area contributed by atoms with Crippen molar-refractivity contribution in [3.63, 3.8) is 0 Å². The highest BCUT2D eigenvalue weighted by molar-refractivity contribution is 9.10. The summed E-state index contributed by atoms with van der Waals surface area (Å²) in [6.45, 7) is 4.50. The zero-order valence-electron chi connectivity index (χ0n) is 10.7. The molecule has 1 fully saturated rings. The second-order valence-corrected chi connectivity index (χ2v) is 5.84. The quantitative estimate of drug-likeness (QED) is 0.897. The van der Waals surface area contributed by atoms with Gasteiger partial charge in [-0.3, -0.25) is 0 Å². The Balaban J connectivity index is 1.98. The number of aliphatic hydroxyl groups is 1. The van der Waals surface area contributed by atoms with E-state index in [0.717, 1.165) is 37.1 Å². The van der Waals surface area contributed by atoms with Crippen LogP contribution in [0.1, 0.15) is 24.0 Å². The monoisotopic (exact) mass is 313 g/mol. The molecule has 0 bridgehead atoms. The summed E-state index contributed by atoms with van der Waals surface area (Å²) >= 11 is 3.50. The summed E-state index contributed by atoms with van der Waals surface area (Å²) in [6.07, 6.45) is 1.75. The van der Waals surface area contributed by atoms with E-state index in [1.807, 2.05) is 0 Å². The Hall–Kier alpha value is -0.420. The highest BCUT2D eigenvalue weighted by atomic mass is 79.9. The van der Waals surface area contributed by atoms with E-state index in [9.17, 15) is 5.11 Å². The van der Waals surface area contributed by atoms with E-state index in [1.54, 1.807) is 0 Å². The normalized spacial score (nSPS) is 18.8. The maximum absolute atomic E-state index is 9.59. The first-order valence-electron chi connectivity index (χ1n) is 6.34. The minimum atomic E-state index is -0.167. The number of halogens is 1. The fraction of sp³-hybridized carbons (Fsp3) is 0.571. The number of aliphatic hydroxyl groups excluding tert-OH is 1. The third-order valence-corrected chi connectivity index (χ3v) is 4.53. The maximum Gasteiger partial charge on any atom is 0.0615 e. The van der Waals surface area contributed by atoms with Gasteiger partial charge < -0.3 is 15.2 Å². The summed E-state index contributed by atoms with van der Waals surface area (Å²) in [5.41, 5.74) is 2.31.